The van der Waals surface area contributed by atoms with Gasteiger partial charge in [-0.3, -0.25) is 0 Å². The summed E-state index contributed by atoms with van der Waals surface area (Å²) in [7, 11) is 0. The third-order valence-corrected chi connectivity index (χ3v) is 4.62. The first-order valence-corrected chi connectivity index (χ1v) is 7.24. The second kappa shape index (κ2) is 6.25. The van der Waals surface area contributed by atoms with Crippen LogP contribution in [0.15, 0.2) is 18.2 Å². The smallest absolute Gasteiger partial charge is 0.0595 e. The van der Waals surface area contributed by atoms with E-state index in [-0.39, 0.29) is 0 Å². The molecule has 1 aromatic carbocycles. The lowest BCUT2D eigenvalue weighted by molar-refractivity contribution is 0.367. The van der Waals surface area contributed by atoms with Crippen molar-refractivity contribution in [3.8, 4) is 0 Å². The number of rotatable bonds is 4. The number of halogens is 2. The van der Waals surface area contributed by atoms with Crippen LogP contribution in [-0.2, 0) is 6.42 Å². The van der Waals surface area contributed by atoms with Gasteiger partial charge in [0.15, 0.2) is 0 Å². The molecule has 3 N–H and O–H groups in total. The summed E-state index contributed by atoms with van der Waals surface area (Å²) in [6.07, 6.45) is 2.08. The van der Waals surface area contributed by atoms with Crippen molar-refractivity contribution in [2.45, 2.75) is 25.8 Å². The van der Waals surface area contributed by atoms with Crippen molar-refractivity contribution in [3.05, 3.63) is 33.8 Å². The van der Waals surface area contributed by atoms with Gasteiger partial charge in [0.2, 0.25) is 0 Å². The molecule has 1 aliphatic rings. The maximum atomic E-state index is 6.07. The standard InChI is InChI=1S/C14H20Cl2N2/c1-9-8-18-14(4-5-17)11(9)6-10-2-3-12(15)13(16)7-10/h2-3,7,9,11,14,18H,4-6,8,17H2,1H3/t9-,11?,14-/m0/s1. The lowest BCUT2D eigenvalue weighted by atomic mass is 9.85. The monoisotopic (exact) mass is 286 g/mol. The number of benzene rings is 1. The third-order valence-electron chi connectivity index (χ3n) is 3.88. The number of nitrogens with one attached hydrogen (secondary N) is 1. The van der Waals surface area contributed by atoms with Gasteiger partial charge < -0.3 is 11.1 Å². The van der Waals surface area contributed by atoms with Crippen molar-refractivity contribution in [1.82, 2.24) is 5.32 Å². The molecule has 100 valence electrons. The van der Waals surface area contributed by atoms with E-state index >= 15 is 0 Å². The van der Waals surface area contributed by atoms with Crippen LogP contribution in [0.1, 0.15) is 18.9 Å². The fourth-order valence-corrected chi connectivity index (χ4v) is 3.14. The van der Waals surface area contributed by atoms with E-state index < -0.39 is 0 Å². The predicted octanol–water partition coefficient (Wildman–Crippen LogP) is 3.11. The Morgan fingerprint density at radius 2 is 2.11 bits per heavy atom. The summed E-state index contributed by atoms with van der Waals surface area (Å²) in [6, 6.07) is 6.46. The van der Waals surface area contributed by atoms with Crippen molar-refractivity contribution >= 4 is 23.2 Å². The molecule has 1 aromatic rings. The molecule has 1 fully saturated rings. The minimum atomic E-state index is 0.527. The molecule has 0 amide bonds. The maximum Gasteiger partial charge on any atom is 0.0595 e. The Morgan fingerprint density at radius 1 is 1.33 bits per heavy atom. The van der Waals surface area contributed by atoms with Crippen molar-refractivity contribution in [1.29, 1.82) is 0 Å². The third kappa shape index (κ3) is 3.18. The molecule has 1 unspecified atom stereocenters. The van der Waals surface area contributed by atoms with Gasteiger partial charge in [0.1, 0.15) is 0 Å². The van der Waals surface area contributed by atoms with E-state index in [0.29, 0.717) is 27.9 Å². The van der Waals surface area contributed by atoms with E-state index in [4.69, 9.17) is 28.9 Å². The maximum absolute atomic E-state index is 6.07. The summed E-state index contributed by atoms with van der Waals surface area (Å²) in [5, 5.41) is 4.83. The molecule has 0 radical (unpaired) electrons. The Bertz CT molecular complexity index is 407. The zero-order valence-corrected chi connectivity index (χ0v) is 12.1. The molecule has 1 heterocycles. The van der Waals surface area contributed by atoms with Crippen LogP contribution in [0, 0.1) is 11.8 Å². The Hall–Kier alpha value is -0.280. The van der Waals surface area contributed by atoms with E-state index in [1.807, 2.05) is 12.1 Å². The van der Waals surface area contributed by atoms with Crippen LogP contribution in [0.4, 0.5) is 0 Å². The largest absolute Gasteiger partial charge is 0.330 e. The second-order valence-electron chi connectivity index (χ2n) is 5.19. The predicted molar refractivity (Wildman–Crippen MR) is 78.3 cm³/mol. The highest BCUT2D eigenvalue weighted by molar-refractivity contribution is 6.42. The average molecular weight is 287 g/mol. The zero-order valence-electron chi connectivity index (χ0n) is 10.6. The van der Waals surface area contributed by atoms with Crippen LogP contribution in [0.5, 0.6) is 0 Å². The van der Waals surface area contributed by atoms with Gasteiger partial charge in [-0.25, -0.2) is 0 Å². The van der Waals surface area contributed by atoms with Gasteiger partial charge >= 0.3 is 0 Å². The van der Waals surface area contributed by atoms with E-state index in [1.165, 1.54) is 5.56 Å². The molecule has 0 aromatic heterocycles. The first-order valence-electron chi connectivity index (χ1n) is 6.49. The van der Waals surface area contributed by atoms with Crippen molar-refractivity contribution in [2.24, 2.45) is 17.6 Å². The highest BCUT2D eigenvalue weighted by Crippen LogP contribution is 2.30. The van der Waals surface area contributed by atoms with Crippen molar-refractivity contribution in [3.63, 3.8) is 0 Å². The van der Waals surface area contributed by atoms with Gasteiger partial charge in [-0.1, -0.05) is 36.2 Å². The highest BCUT2D eigenvalue weighted by Gasteiger charge is 2.32. The van der Waals surface area contributed by atoms with Crippen LogP contribution >= 0.6 is 23.2 Å². The van der Waals surface area contributed by atoms with Gasteiger partial charge in [0.25, 0.3) is 0 Å². The topological polar surface area (TPSA) is 38.0 Å². The van der Waals surface area contributed by atoms with E-state index in [0.717, 1.165) is 25.9 Å². The molecule has 0 bridgehead atoms. The molecule has 18 heavy (non-hydrogen) atoms. The lowest BCUT2D eigenvalue weighted by Gasteiger charge is -2.22. The van der Waals surface area contributed by atoms with E-state index in [2.05, 4.69) is 18.3 Å². The average Bonchev–Trinajstić information content (AvgIpc) is 2.67. The van der Waals surface area contributed by atoms with E-state index in [1.54, 1.807) is 0 Å². The summed E-state index contributed by atoms with van der Waals surface area (Å²) in [5.74, 6) is 1.31. The second-order valence-corrected chi connectivity index (χ2v) is 6.00. The zero-order chi connectivity index (χ0) is 13.1. The van der Waals surface area contributed by atoms with E-state index in [9.17, 15) is 0 Å². The van der Waals surface area contributed by atoms with Crippen molar-refractivity contribution in [2.75, 3.05) is 13.1 Å². The quantitative estimate of drug-likeness (QED) is 0.893. The number of hydrogen-bond acceptors (Lipinski definition) is 2. The Labute approximate surface area is 119 Å². The Balaban J connectivity index is 2.08. The van der Waals surface area contributed by atoms with Crippen LogP contribution in [0.25, 0.3) is 0 Å². The minimum absolute atomic E-state index is 0.527. The molecule has 3 atom stereocenters. The lowest BCUT2D eigenvalue weighted by Crippen LogP contribution is -2.31. The van der Waals surface area contributed by atoms with Crippen LogP contribution < -0.4 is 11.1 Å². The molecule has 0 aliphatic carbocycles. The molecule has 0 saturated carbocycles. The van der Waals surface area contributed by atoms with Gasteiger partial charge in [0.05, 0.1) is 10.0 Å². The molecule has 0 spiro atoms. The van der Waals surface area contributed by atoms with Gasteiger partial charge in [-0.15, -0.1) is 0 Å². The van der Waals surface area contributed by atoms with Crippen LogP contribution in [0.3, 0.4) is 0 Å². The minimum Gasteiger partial charge on any atom is -0.330 e. The first kappa shape index (κ1) is 14.1. The van der Waals surface area contributed by atoms with Gasteiger partial charge in [-0.05, 0) is 55.5 Å². The molecule has 2 nitrogen and oxygen atoms in total. The SMILES string of the molecule is C[C@H]1CN[C@@H](CCN)C1Cc1ccc(Cl)c(Cl)c1. The highest BCUT2D eigenvalue weighted by atomic mass is 35.5. The van der Waals surface area contributed by atoms with Crippen LogP contribution in [0.2, 0.25) is 10.0 Å². The summed E-state index contributed by atoms with van der Waals surface area (Å²) < 4.78 is 0. The Morgan fingerprint density at radius 3 is 2.78 bits per heavy atom. The number of hydrogen-bond donors (Lipinski definition) is 2. The summed E-state index contributed by atoms with van der Waals surface area (Å²) >= 11 is 12.0. The van der Waals surface area contributed by atoms with Gasteiger partial charge in [-0.2, -0.15) is 0 Å². The Kier molecular flexibility index (Phi) is 4.91. The fraction of sp³-hybridized carbons (Fsp3) is 0.571. The summed E-state index contributed by atoms with van der Waals surface area (Å²) in [6.45, 7) is 4.12. The molecule has 4 heteroatoms. The number of nitrogens with two attached hydrogens (primary N) is 1. The normalized spacial score (nSPS) is 27.7. The molecular formula is C14H20Cl2N2. The molecule has 2 rings (SSSR count). The van der Waals surface area contributed by atoms with Crippen molar-refractivity contribution < 1.29 is 0 Å². The molecule has 1 aliphatic heterocycles. The van der Waals surface area contributed by atoms with Gasteiger partial charge in [0, 0.05) is 6.04 Å². The summed E-state index contributed by atoms with van der Waals surface area (Å²) in [4.78, 5) is 0. The van der Waals surface area contributed by atoms with Crippen LogP contribution in [-0.4, -0.2) is 19.1 Å². The molecule has 1 saturated heterocycles. The summed E-state index contributed by atoms with van der Waals surface area (Å²) in [5.41, 5.74) is 6.93. The molecular weight excluding hydrogens is 267 g/mol. The fourth-order valence-electron chi connectivity index (χ4n) is 2.81. The first-order chi connectivity index (χ1) is 8.61.